The lowest BCUT2D eigenvalue weighted by molar-refractivity contribution is 0.178. The fourth-order valence-electron chi connectivity index (χ4n) is 2.23. The van der Waals surface area contributed by atoms with E-state index in [-0.39, 0.29) is 0 Å². The molecule has 1 unspecified atom stereocenters. The van der Waals surface area contributed by atoms with Crippen molar-refractivity contribution in [2.24, 2.45) is 0 Å². The fourth-order valence-corrected chi connectivity index (χ4v) is 2.23. The monoisotopic (exact) mass is 249 g/mol. The van der Waals surface area contributed by atoms with E-state index >= 15 is 0 Å². The van der Waals surface area contributed by atoms with Gasteiger partial charge in [-0.25, -0.2) is 0 Å². The lowest BCUT2D eigenvalue weighted by atomic mass is 10.0. The first kappa shape index (κ1) is 11.9. The smallest absolute Gasteiger partial charge is 0.0845 e. The molecule has 0 radical (unpaired) electrons. The van der Waals surface area contributed by atoms with Crippen molar-refractivity contribution in [2.45, 2.75) is 12.5 Å². The Hall–Kier alpha value is -2.19. The van der Waals surface area contributed by atoms with Gasteiger partial charge in [0.05, 0.1) is 11.6 Å². The highest BCUT2D eigenvalue weighted by molar-refractivity contribution is 5.78. The maximum Gasteiger partial charge on any atom is 0.0845 e. The predicted octanol–water partition coefficient (Wildman–Crippen LogP) is 3.51. The largest absolute Gasteiger partial charge is 0.388 e. The number of hydrogen-bond acceptors (Lipinski definition) is 2. The summed E-state index contributed by atoms with van der Waals surface area (Å²) in [6, 6.07) is 20.0. The van der Waals surface area contributed by atoms with Crippen LogP contribution in [0.1, 0.15) is 17.2 Å². The number of aromatic nitrogens is 1. The molecule has 3 rings (SSSR count). The van der Waals surface area contributed by atoms with Crippen LogP contribution in [0.2, 0.25) is 0 Å². The van der Waals surface area contributed by atoms with Crippen LogP contribution in [0.4, 0.5) is 0 Å². The van der Waals surface area contributed by atoms with Crippen molar-refractivity contribution in [1.29, 1.82) is 0 Å². The van der Waals surface area contributed by atoms with Gasteiger partial charge in [-0.3, -0.25) is 4.98 Å². The molecule has 2 nitrogen and oxygen atoms in total. The van der Waals surface area contributed by atoms with E-state index in [2.05, 4.69) is 4.98 Å². The van der Waals surface area contributed by atoms with Crippen LogP contribution in [-0.4, -0.2) is 10.1 Å². The first-order valence-electron chi connectivity index (χ1n) is 6.39. The van der Waals surface area contributed by atoms with Crippen LogP contribution in [0, 0.1) is 0 Å². The third-order valence-corrected chi connectivity index (χ3v) is 3.27. The summed E-state index contributed by atoms with van der Waals surface area (Å²) in [4.78, 5) is 4.38. The average Bonchev–Trinajstić information content (AvgIpc) is 2.48. The summed E-state index contributed by atoms with van der Waals surface area (Å²) in [7, 11) is 0. The molecule has 3 aromatic rings. The number of aliphatic hydroxyl groups excluding tert-OH is 1. The number of hydrogen-bond donors (Lipinski definition) is 1. The van der Waals surface area contributed by atoms with Gasteiger partial charge in [0.25, 0.3) is 0 Å². The van der Waals surface area contributed by atoms with Crippen LogP contribution in [0.15, 0.2) is 66.9 Å². The molecule has 2 heteroatoms. The van der Waals surface area contributed by atoms with E-state index in [1.54, 1.807) is 6.20 Å². The van der Waals surface area contributed by atoms with Crippen LogP contribution in [0.25, 0.3) is 10.9 Å². The molecule has 0 aliphatic rings. The van der Waals surface area contributed by atoms with Crippen molar-refractivity contribution in [3.05, 3.63) is 78.0 Å². The Morgan fingerprint density at radius 2 is 1.68 bits per heavy atom. The van der Waals surface area contributed by atoms with Gasteiger partial charge in [-0.2, -0.15) is 0 Å². The number of fused-ring (bicyclic) bond motifs is 1. The van der Waals surface area contributed by atoms with E-state index in [9.17, 15) is 5.11 Å². The molecule has 0 bridgehead atoms. The van der Waals surface area contributed by atoms with E-state index in [0.717, 1.165) is 22.0 Å². The second-order valence-electron chi connectivity index (χ2n) is 4.67. The predicted molar refractivity (Wildman–Crippen MR) is 76.8 cm³/mol. The van der Waals surface area contributed by atoms with Gasteiger partial charge < -0.3 is 5.11 Å². The molecule has 1 heterocycles. The normalized spacial score (nSPS) is 12.5. The Kier molecular flexibility index (Phi) is 3.25. The van der Waals surface area contributed by atoms with E-state index in [4.69, 9.17) is 0 Å². The molecule has 2 aromatic carbocycles. The summed E-state index contributed by atoms with van der Waals surface area (Å²) in [5, 5.41) is 11.4. The number of rotatable bonds is 3. The highest BCUT2D eigenvalue weighted by Gasteiger charge is 2.09. The van der Waals surface area contributed by atoms with Crippen molar-refractivity contribution in [3.8, 4) is 0 Å². The van der Waals surface area contributed by atoms with E-state index in [1.807, 2.05) is 60.7 Å². The van der Waals surface area contributed by atoms with Crippen LogP contribution in [0.5, 0.6) is 0 Å². The second-order valence-corrected chi connectivity index (χ2v) is 4.67. The molecule has 1 atom stereocenters. The number of pyridine rings is 1. The third kappa shape index (κ3) is 2.64. The van der Waals surface area contributed by atoms with Gasteiger partial charge in [-0.1, -0.05) is 48.5 Å². The van der Waals surface area contributed by atoms with Gasteiger partial charge in [0.2, 0.25) is 0 Å². The SMILES string of the molecule is OC(Cc1ccccc1)c1cnc2ccccc2c1. The molecule has 0 aliphatic carbocycles. The van der Waals surface area contributed by atoms with Crippen LogP contribution in [0.3, 0.4) is 0 Å². The van der Waals surface area contributed by atoms with Crippen molar-refractivity contribution in [3.63, 3.8) is 0 Å². The quantitative estimate of drug-likeness (QED) is 0.770. The first-order chi connectivity index (χ1) is 9.33. The molecule has 0 saturated heterocycles. The average molecular weight is 249 g/mol. The van der Waals surface area contributed by atoms with E-state index in [0.29, 0.717) is 6.42 Å². The highest BCUT2D eigenvalue weighted by Crippen LogP contribution is 2.21. The Morgan fingerprint density at radius 3 is 2.53 bits per heavy atom. The van der Waals surface area contributed by atoms with Crippen LogP contribution >= 0.6 is 0 Å². The zero-order valence-electron chi connectivity index (χ0n) is 10.5. The standard InChI is InChI=1S/C17H15NO/c19-17(10-13-6-2-1-3-7-13)15-11-14-8-4-5-9-16(14)18-12-15/h1-9,11-12,17,19H,10H2. The number of para-hydroxylation sites is 1. The zero-order chi connectivity index (χ0) is 13.1. The Bertz CT molecular complexity index is 679. The highest BCUT2D eigenvalue weighted by atomic mass is 16.3. The van der Waals surface area contributed by atoms with Gasteiger partial charge in [0.15, 0.2) is 0 Å². The lowest BCUT2D eigenvalue weighted by Crippen LogP contribution is -2.02. The van der Waals surface area contributed by atoms with Crippen LogP contribution in [-0.2, 0) is 6.42 Å². The number of benzene rings is 2. The first-order valence-corrected chi connectivity index (χ1v) is 6.39. The molecular weight excluding hydrogens is 234 g/mol. The Balaban J connectivity index is 1.87. The lowest BCUT2D eigenvalue weighted by Gasteiger charge is -2.11. The maximum atomic E-state index is 10.3. The molecule has 1 aromatic heterocycles. The third-order valence-electron chi connectivity index (χ3n) is 3.27. The number of nitrogens with zero attached hydrogens (tertiary/aromatic N) is 1. The zero-order valence-corrected chi connectivity index (χ0v) is 10.5. The van der Waals surface area contributed by atoms with Crippen molar-refractivity contribution in [1.82, 2.24) is 4.98 Å². The van der Waals surface area contributed by atoms with E-state index < -0.39 is 6.10 Å². The molecule has 94 valence electrons. The Labute approximate surface area is 112 Å². The topological polar surface area (TPSA) is 33.1 Å². The summed E-state index contributed by atoms with van der Waals surface area (Å²) >= 11 is 0. The molecule has 0 saturated carbocycles. The molecule has 0 fully saturated rings. The second kappa shape index (κ2) is 5.21. The van der Waals surface area contributed by atoms with Crippen molar-refractivity contribution in [2.75, 3.05) is 0 Å². The summed E-state index contributed by atoms with van der Waals surface area (Å²) in [5.41, 5.74) is 2.95. The van der Waals surface area contributed by atoms with Gasteiger partial charge in [0.1, 0.15) is 0 Å². The number of aliphatic hydroxyl groups is 1. The van der Waals surface area contributed by atoms with Crippen molar-refractivity contribution < 1.29 is 5.11 Å². The maximum absolute atomic E-state index is 10.3. The van der Waals surface area contributed by atoms with Gasteiger partial charge in [0, 0.05) is 18.0 Å². The Morgan fingerprint density at radius 1 is 0.947 bits per heavy atom. The minimum absolute atomic E-state index is 0.514. The molecular formula is C17H15NO. The van der Waals surface area contributed by atoms with E-state index in [1.165, 1.54) is 0 Å². The minimum Gasteiger partial charge on any atom is -0.388 e. The summed E-state index contributed by atoms with van der Waals surface area (Å²) < 4.78 is 0. The summed E-state index contributed by atoms with van der Waals surface area (Å²) in [5.74, 6) is 0. The molecule has 0 amide bonds. The molecule has 19 heavy (non-hydrogen) atoms. The fraction of sp³-hybridized carbons (Fsp3) is 0.118. The molecule has 1 N–H and O–H groups in total. The summed E-state index contributed by atoms with van der Waals surface area (Å²) in [6.07, 6.45) is 1.86. The van der Waals surface area contributed by atoms with Gasteiger partial charge >= 0.3 is 0 Å². The van der Waals surface area contributed by atoms with Gasteiger partial charge in [-0.05, 0) is 23.3 Å². The van der Waals surface area contributed by atoms with Crippen molar-refractivity contribution >= 4 is 10.9 Å². The summed E-state index contributed by atoms with van der Waals surface area (Å²) in [6.45, 7) is 0. The molecule has 0 spiro atoms. The minimum atomic E-state index is -0.514. The van der Waals surface area contributed by atoms with Gasteiger partial charge in [-0.15, -0.1) is 0 Å². The van der Waals surface area contributed by atoms with Crippen LogP contribution < -0.4 is 0 Å². The molecule has 0 aliphatic heterocycles.